The monoisotopic (exact) mass is 1710 g/mol. The second-order valence-corrected chi connectivity index (χ2v) is 18.0. The zero-order valence-electron chi connectivity index (χ0n) is 43.7. The second kappa shape index (κ2) is 30.6. The van der Waals surface area contributed by atoms with E-state index in [9.17, 15) is 0 Å². The van der Waals surface area contributed by atoms with Crippen molar-refractivity contribution in [3.8, 4) is 62.6 Å². The van der Waals surface area contributed by atoms with Gasteiger partial charge in [-0.05, 0) is 67.0 Å². The molecule has 4 radical (unpaired) electrons. The van der Waals surface area contributed by atoms with Crippen molar-refractivity contribution in [1.82, 2.24) is 38.2 Å². The molecule has 0 amide bonds. The van der Waals surface area contributed by atoms with Crippen LogP contribution in [0.1, 0.15) is 67.3 Å². The van der Waals surface area contributed by atoms with Crippen LogP contribution in [0, 0.1) is 45.0 Å². The maximum atomic E-state index is 4.60. The van der Waals surface area contributed by atoms with Crippen LogP contribution in [0.15, 0.2) is 207 Å². The molecule has 11 rings (SSSR count). The van der Waals surface area contributed by atoms with Crippen molar-refractivity contribution in [3.63, 3.8) is 0 Å². The molecule has 4 aromatic heterocycles. The molecule has 0 N–H and O–H groups in total. The molecular weight excluding hydrogens is 1650 g/mol. The van der Waals surface area contributed by atoms with E-state index in [0.717, 1.165) is 51.2 Å². The fourth-order valence-corrected chi connectivity index (χ4v) is 8.76. The third-order valence-electron chi connectivity index (χ3n) is 12.0. The zero-order chi connectivity index (χ0) is 50.4. The summed E-state index contributed by atoms with van der Waals surface area (Å²) in [6.07, 6.45) is 15.3. The quantitative estimate of drug-likeness (QED) is 0.135. The Kier molecular flexibility index (Phi) is 25.2. The van der Waals surface area contributed by atoms with Crippen molar-refractivity contribution in [3.05, 3.63) is 259 Å². The Hall–Kier alpha value is -6.02. The number of imidazole rings is 4. The number of benzene rings is 7. The van der Waals surface area contributed by atoms with Crippen molar-refractivity contribution in [1.29, 1.82) is 0 Å². The summed E-state index contributed by atoms with van der Waals surface area (Å²) < 4.78 is 8.41. The van der Waals surface area contributed by atoms with Crippen LogP contribution in [0.4, 0.5) is 0 Å². The number of para-hydroxylation sites is 2. The number of aryl methyl sites for hydroxylation is 4. The number of nitrogens with zero attached hydrogens (tertiary/aromatic N) is 8. The molecule has 0 aliphatic heterocycles. The van der Waals surface area contributed by atoms with Gasteiger partial charge in [-0.2, -0.15) is 0 Å². The molecule has 0 spiro atoms. The average molecular weight is 1710 g/mol. The largest absolute Gasteiger partial charge is 0.373 e. The van der Waals surface area contributed by atoms with Gasteiger partial charge in [0.2, 0.25) is 0 Å². The molecule has 76 heavy (non-hydrogen) atoms. The summed E-state index contributed by atoms with van der Waals surface area (Å²) in [5, 5.41) is 0. The summed E-state index contributed by atoms with van der Waals surface area (Å²) >= 11 is 0. The topological polar surface area (TPSA) is 71.3 Å². The number of hydrogen-bond acceptors (Lipinski definition) is 4. The van der Waals surface area contributed by atoms with Gasteiger partial charge in [-0.3, -0.25) is 19.9 Å². The maximum Gasteiger partial charge on any atom is 0.0602 e. The van der Waals surface area contributed by atoms with E-state index in [1.54, 1.807) is 6.20 Å². The van der Waals surface area contributed by atoms with E-state index in [1.807, 2.05) is 158 Å². The molecule has 0 saturated carbocycles. The Bertz CT molecular complexity index is 3300. The first-order chi connectivity index (χ1) is 35.1. The predicted octanol–water partition coefficient (Wildman–Crippen LogP) is 15.1. The molecule has 396 valence electrons. The molecule has 8 nitrogen and oxygen atoms in total. The predicted molar refractivity (Wildman–Crippen MR) is 293 cm³/mol. The third-order valence-corrected chi connectivity index (χ3v) is 12.0. The van der Waals surface area contributed by atoms with Crippen LogP contribution in [-0.4, -0.2) is 38.2 Å². The first-order valence-corrected chi connectivity index (χ1v) is 24.3. The van der Waals surface area contributed by atoms with E-state index in [1.165, 1.54) is 39.2 Å². The molecule has 0 saturated heterocycles. The second-order valence-electron chi connectivity index (χ2n) is 18.0. The van der Waals surface area contributed by atoms with E-state index in [4.69, 9.17) is 0 Å². The molecule has 0 bridgehead atoms. The minimum atomic E-state index is 0. The van der Waals surface area contributed by atoms with Gasteiger partial charge in [-0.1, -0.05) is 81.8 Å². The van der Waals surface area contributed by atoms with Gasteiger partial charge in [0.15, 0.2) is 0 Å². The molecule has 0 atom stereocenters. The maximum absolute atomic E-state index is 4.60. The number of rotatable bonds is 9. The summed E-state index contributed by atoms with van der Waals surface area (Å²) in [4.78, 5) is 17.7. The Labute approximate surface area is 503 Å². The van der Waals surface area contributed by atoms with Gasteiger partial charge in [0.1, 0.15) is 0 Å². The minimum Gasteiger partial charge on any atom is -0.373 e. The summed E-state index contributed by atoms with van der Waals surface area (Å²) in [5.74, 6) is 4.66. The van der Waals surface area contributed by atoms with Gasteiger partial charge < -0.3 is 18.3 Å². The van der Waals surface area contributed by atoms with Crippen molar-refractivity contribution in [2.45, 2.75) is 60.3 Å². The fourth-order valence-electron chi connectivity index (χ4n) is 8.76. The first kappa shape index (κ1) is 62.5. The molecule has 0 fully saturated rings. The molecule has 0 unspecified atom stereocenters. The standard InChI is InChI=1S/C21H23N2.C18H17N2.C15H11N2.C10H9N2.4Ir/c1-15(2)18-11-8-12-19(16(3)4)20(18)23-14-13-22-21(23)17-9-6-5-7-10-17;1-13-11-14(2)17(15(3)12-13)20-10-9-19-18(20)16-7-5-4-6-8-16;1-3-7-13(8-4-1)15-16-11-12-17(15)14-9-5-2-6-10-14;1-12-8-7-11-10(12)9-5-3-2-4-6-9;;;;/h5-9,11-16H,1-4H3;4-7,9-12H,1-3H3;1-7,9-12H;2-5,7-8H,1H3;;;;/q4*-1;;;;. The third kappa shape index (κ3) is 15.6. The molecule has 7 aromatic carbocycles. The van der Waals surface area contributed by atoms with Gasteiger partial charge >= 0.3 is 0 Å². The van der Waals surface area contributed by atoms with Gasteiger partial charge in [0.05, 0.1) is 23.3 Å². The smallest absolute Gasteiger partial charge is 0.0602 e. The van der Waals surface area contributed by atoms with E-state index < -0.39 is 0 Å². The molecule has 12 heteroatoms. The summed E-state index contributed by atoms with van der Waals surface area (Å²) in [6, 6.07) is 65.7. The van der Waals surface area contributed by atoms with Crippen molar-refractivity contribution in [2.24, 2.45) is 7.05 Å². The average Bonchev–Trinajstić information content (AvgIpc) is 4.27. The van der Waals surface area contributed by atoms with Crippen LogP contribution in [0.25, 0.3) is 62.6 Å². The Morgan fingerprint density at radius 1 is 0.382 bits per heavy atom. The van der Waals surface area contributed by atoms with Crippen molar-refractivity contribution < 1.29 is 80.4 Å². The van der Waals surface area contributed by atoms with Gasteiger partial charge in [-0.25, -0.2) is 0 Å². The van der Waals surface area contributed by atoms with Crippen LogP contribution < -0.4 is 0 Å². The Balaban J connectivity index is 0.000000220. The molecular formula is C64H60Ir4N8-4. The summed E-state index contributed by atoms with van der Waals surface area (Å²) in [5.41, 5.74) is 14.2. The first-order valence-electron chi connectivity index (χ1n) is 24.3. The summed E-state index contributed by atoms with van der Waals surface area (Å²) in [7, 11) is 1.98. The Morgan fingerprint density at radius 2 is 0.737 bits per heavy atom. The molecule has 4 heterocycles. The molecule has 11 aromatic rings. The van der Waals surface area contributed by atoms with E-state index >= 15 is 0 Å². The van der Waals surface area contributed by atoms with Crippen LogP contribution in [-0.2, 0) is 87.5 Å². The number of aromatic nitrogens is 8. The van der Waals surface area contributed by atoms with Crippen molar-refractivity contribution in [2.75, 3.05) is 0 Å². The van der Waals surface area contributed by atoms with Crippen molar-refractivity contribution >= 4 is 0 Å². The van der Waals surface area contributed by atoms with Gasteiger partial charge in [0, 0.05) is 154 Å². The van der Waals surface area contributed by atoms with Gasteiger partial charge in [0.25, 0.3) is 0 Å². The van der Waals surface area contributed by atoms with Crippen LogP contribution in [0.5, 0.6) is 0 Å². The van der Waals surface area contributed by atoms with Crippen LogP contribution in [0.3, 0.4) is 0 Å². The number of hydrogen-bond donors (Lipinski definition) is 0. The van der Waals surface area contributed by atoms with Crippen LogP contribution >= 0.6 is 0 Å². The fraction of sp³-hybridized carbons (Fsp3) is 0.156. The van der Waals surface area contributed by atoms with Crippen LogP contribution in [0.2, 0.25) is 0 Å². The SMILES string of the molecule is CC(C)c1cccc(C(C)C)c1-n1ccnc1-c1[c-]cccc1.Cc1cc(C)c(-n2ccnc2-c2[c-]cccc2)c(C)c1.Cn1ccnc1-c1[c-]cccc1.[Ir].[Ir].[Ir].[Ir].[c-]1ccccc1-c1nccn1-c1ccccc1. The van der Waals surface area contributed by atoms with E-state index in [-0.39, 0.29) is 80.4 Å². The van der Waals surface area contributed by atoms with E-state index in [2.05, 4.69) is 161 Å². The van der Waals surface area contributed by atoms with Gasteiger partial charge in [-0.15, -0.1) is 144 Å². The molecule has 0 aliphatic rings. The normalized spacial score (nSPS) is 10.2. The zero-order valence-corrected chi connectivity index (χ0v) is 53.3. The Morgan fingerprint density at radius 3 is 1.12 bits per heavy atom. The summed E-state index contributed by atoms with van der Waals surface area (Å²) in [6.45, 7) is 15.4. The van der Waals surface area contributed by atoms with E-state index in [0.29, 0.717) is 11.8 Å². The minimum absolute atomic E-state index is 0. The molecule has 0 aliphatic carbocycles.